The Morgan fingerprint density at radius 2 is 1.81 bits per heavy atom. The number of aromatic nitrogens is 1. The van der Waals surface area contributed by atoms with Crippen molar-refractivity contribution in [1.82, 2.24) is 14.6 Å². The van der Waals surface area contributed by atoms with Crippen LogP contribution in [0.4, 0.5) is 10.5 Å². The number of primary amides is 1. The van der Waals surface area contributed by atoms with Gasteiger partial charge < -0.3 is 10.6 Å². The monoisotopic (exact) mass is 493 g/mol. The fourth-order valence-corrected chi connectivity index (χ4v) is 4.47. The van der Waals surface area contributed by atoms with Gasteiger partial charge in [0.2, 0.25) is 0 Å². The fraction of sp³-hybridized carbons (Fsp3) is 0.304. The quantitative estimate of drug-likeness (QED) is 0.496. The number of hydrogen-bond donors (Lipinski definition) is 2. The first kappa shape index (κ1) is 26.1. The Labute approximate surface area is 205 Å². The van der Waals surface area contributed by atoms with Crippen LogP contribution >= 0.6 is 36.8 Å². The summed E-state index contributed by atoms with van der Waals surface area (Å²) in [6.45, 7) is 7.20. The number of nitrogens with two attached hydrogens (primary N) is 1. The fourth-order valence-electron chi connectivity index (χ4n) is 3.89. The maximum absolute atomic E-state index is 10.9. The Bertz CT molecular complexity index is 1040. The number of fused-ring (bicyclic) bond motifs is 1. The van der Waals surface area contributed by atoms with E-state index in [9.17, 15) is 4.79 Å². The van der Waals surface area contributed by atoms with Crippen molar-refractivity contribution in [2.45, 2.75) is 18.2 Å². The van der Waals surface area contributed by atoms with Crippen LogP contribution in [0.3, 0.4) is 0 Å². The standard InChI is InChI=1S/C23H27N5OS.2ClH/c1-17-8-9-20-21(25-17)6-3-7-22(20)28-14-12-27(13-15-28)11-10-18-4-2-5-19(16-18)30-26-23(24)29;;/h2-9,16H,10-15H2,1H3,(H3,24,26,29);2*1H. The summed E-state index contributed by atoms with van der Waals surface area (Å²) >= 11 is 1.25. The summed E-state index contributed by atoms with van der Waals surface area (Å²) in [7, 11) is 0. The van der Waals surface area contributed by atoms with Crippen molar-refractivity contribution in [3.63, 3.8) is 0 Å². The molecule has 6 nitrogen and oxygen atoms in total. The number of carbonyl (C=O) groups excluding carboxylic acids is 1. The summed E-state index contributed by atoms with van der Waals surface area (Å²) in [5.74, 6) is 0. The lowest BCUT2D eigenvalue weighted by molar-refractivity contribution is 0.254. The molecule has 0 spiro atoms. The van der Waals surface area contributed by atoms with Gasteiger partial charge in [-0.1, -0.05) is 18.2 Å². The van der Waals surface area contributed by atoms with Gasteiger partial charge in [0.05, 0.1) is 5.52 Å². The number of nitrogens with one attached hydrogen (secondary N) is 1. The molecule has 172 valence electrons. The Morgan fingerprint density at radius 1 is 1.06 bits per heavy atom. The van der Waals surface area contributed by atoms with E-state index in [4.69, 9.17) is 5.73 Å². The molecule has 1 fully saturated rings. The minimum Gasteiger partial charge on any atom is -0.368 e. The van der Waals surface area contributed by atoms with Crippen molar-refractivity contribution in [3.05, 3.63) is 65.9 Å². The molecule has 1 aromatic heterocycles. The minimum atomic E-state index is -0.527. The molecule has 0 aliphatic carbocycles. The first-order valence-corrected chi connectivity index (χ1v) is 11.0. The zero-order valence-corrected chi connectivity index (χ0v) is 20.4. The van der Waals surface area contributed by atoms with Crippen molar-refractivity contribution in [3.8, 4) is 0 Å². The van der Waals surface area contributed by atoms with Gasteiger partial charge in [-0.2, -0.15) is 0 Å². The molecule has 2 aromatic carbocycles. The molecule has 9 heteroatoms. The number of amides is 2. The van der Waals surface area contributed by atoms with Gasteiger partial charge in [0.25, 0.3) is 0 Å². The number of nitrogens with zero attached hydrogens (tertiary/aromatic N) is 3. The third kappa shape index (κ3) is 6.65. The molecule has 0 bridgehead atoms. The lowest BCUT2D eigenvalue weighted by atomic mass is 10.1. The molecule has 1 aliphatic heterocycles. The van der Waals surface area contributed by atoms with E-state index in [2.05, 4.69) is 62.0 Å². The number of benzene rings is 2. The van der Waals surface area contributed by atoms with Crippen molar-refractivity contribution < 1.29 is 4.79 Å². The number of halogens is 2. The molecule has 3 N–H and O–H groups in total. The second-order valence-electron chi connectivity index (χ2n) is 7.59. The van der Waals surface area contributed by atoms with E-state index in [-0.39, 0.29) is 24.8 Å². The highest BCUT2D eigenvalue weighted by molar-refractivity contribution is 7.98. The summed E-state index contributed by atoms with van der Waals surface area (Å²) < 4.78 is 2.57. The summed E-state index contributed by atoms with van der Waals surface area (Å²) in [5.41, 5.74) is 9.81. The lowest BCUT2D eigenvalue weighted by Crippen LogP contribution is -2.47. The van der Waals surface area contributed by atoms with Gasteiger partial charge in [0.1, 0.15) is 0 Å². The summed E-state index contributed by atoms with van der Waals surface area (Å²) in [5, 5.41) is 1.23. The first-order chi connectivity index (χ1) is 14.6. The average Bonchev–Trinajstić information content (AvgIpc) is 2.76. The molecule has 0 radical (unpaired) electrons. The van der Waals surface area contributed by atoms with Gasteiger partial charge in [0.15, 0.2) is 0 Å². The van der Waals surface area contributed by atoms with Crippen molar-refractivity contribution in [2.75, 3.05) is 37.6 Å². The zero-order valence-electron chi connectivity index (χ0n) is 18.0. The molecule has 0 saturated carbocycles. The molecule has 2 heterocycles. The first-order valence-electron chi connectivity index (χ1n) is 10.2. The van der Waals surface area contributed by atoms with E-state index in [1.807, 2.05) is 19.1 Å². The van der Waals surface area contributed by atoms with E-state index in [0.717, 1.165) is 55.3 Å². The Kier molecular flexibility index (Phi) is 9.90. The molecule has 4 rings (SSSR count). The van der Waals surface area contributed by atoms with Gasteiger partial charge in [-0.05, 0) is 67.3 Å². The highest BCUT2D eigenvalue weighted by atomic mass is 35.5. The third-order valence-electron chi connectivity index (χ3n) is 5.45. The summed E-state index contributed by atoms with van der Waals surface area (Å²) in [6.07, 6.45) is 0.989. The van der Waals surface area contributed by atoms with Crippen molar-refractivity contribution >= 4 is 59.4 Å². The summed E-state index contributed by atoms with van der Waals surface area (Å²) in [6, 6.07) is 18.4. The predicted octanol–water partition coefficient (Wildman–Crippen LogP) is 4.43. The number of aryl methyl sites for hydroxylation is 1. The molecule has 0 unspecified atom stereocenters. The van der Waals surface area contributed by atoms with Gasteiger partial charge in [0, 0.05) is 54.4 Å². The van der Waals surface area contributed by atoms with Crippen LogP contribution in [0.5, 0.6) is 0 Å². The second-order valence-corrected chi connectivity index (χ2v) is 8.47. The molecule has 3 aromatic rings. The van der Waals surface area contributed by atoms with Crippen LogP contribution in [0.1, 0.15) is 11.3 Å². The SMILES string of the molecule is Cc1ccc2c(N3CCN(CCc4cccc(SNC(N)=O)c4)CC3)cccc2n1.Cl.Cl. The molecular weight excluding hydrogens is 465 g/mol. The Balaban J connectivity index is 0.00000181. The predicted molar refractivity (Wildman–Crippen MR) is 138 cm³/mol. The average molecular weight is 494 g/mol. The topological polar surface area (TPSA) is 74.5 Å². The highest BCUT2D eigenvalue weighted by Crippen LogP contribution is 2.27. The number of piperazine rings is 1. The maximum Gasteiger partial charge on any atom is 0.322 e. The van der Waals surface area contributed by atoms with E-state index < -0.39 is 6.03 Å². The Hall–Kier alpha value is -2.19. The highest BCUT2D eigenvalue weighted by Gasteiger charge is 2.18. The van der Waals surface area contributed by atoms with E-state index >= 15 is 0 Å². The van der Waals surface area contributed by atoms with E-state index in [1.54, 1.807) is 0 Å². The van der Waals surface area contributed by atoms with Crippen LogP contribution in [-0.4, -0.2) is 48.6 Å². The van der Waals surface area contributed by atoms with Crippen LogP contribution in [0, 0.1) is 6.92 Å². The molecule has 2 amide bonds. The molecular formula is C23H29Cl2N5OS. The number of rotatable bonds is 6. The number of urea groups is 1. The number of anilines is 1. The van der Waals surface area contributed by atoms with E-state index in [1.165, 1.54) is 28.6 Å². The van der Waals surface area contributed by atoms with Gasteiger partial charge >= 0.3 is 6.03 Å². The van der Waals surface area contributed by atoms with Crippen molar-refractivity contribution in [2.24, 2.45) is 5.73 Å². The molecule has 0 atom stereocenters. The largest absolute Gasteiger partial charge is 0.368 e. The molecule has 1 aliphatic rings. The Morgan fingerprint density at radius 3 is 2.56 bits per heavy atom. The van der Waals surface area contributed by atoms with Gasteiger partial charge in [-0.3, -0.25) is 14.6 Å². The molecule has 1 saturated heterocycles. The molecule has 32 heavy (non-hydrogen) atoms. The normalized spacial score (nSPS) is 13.8. The number of pyridine rings is 1. The van der Waals surface area contributed by atoms with Crippen LogP contribution in [0.15, 0.2) is 59.5 Å². The van der Waals surface area contributed by atoms with Gasteiger partial charge in [-0.25, -0.2) is 4.79 Å². The van der Waals surface area contributed by atoms with Crippen molar-refractivity contribution in [1.29, 1.82) is 0 Å². The smallest absolute Gasteiger partial charge is 0.322 e. The van der Waals surface area contributed by atoms with Crippen LogP contribution < -0.4 is 15.4 Å². The van der Waals surface area contributed by atoms with Gasteiger partial charge in [-0.15, -0.1) is 24.8 Å². The van der Waals surface area contributed by atoms with Crippen LogP contribution in [0.25, 0.3) is 10.9 Å². The minimum absolute atomic E-state index is 0. The summed E-state index contributed by atoms with van der Waals surface area (Å²) in [4.78, 5) is 21.5. The zero-order chi connectivity index (χ0) is 20.9. The van der Waals surface area contributed by atoms with E-state index in [0.29, 0.717) is 0 Å². The number of hydrogen-bond acceptors (Lipinski definition) is 5. The third-order valence-corrected chi connectivity index (χ3v) is 6.24. The van der Waals surface area contributed by atoms with Crippen LogP contribution in [-0.2, 0) is 6.42 Å². The maximum atomic E-state index is 10.9. The second kappa shape index (κ2) is 12.2. The lowest BCUT2D eigenvalue weighted by Gasteiger charge is -2.36. The van der Waals surface area contributed by atoms with Crippen LogP contribution in [0.2, 0.25) is 0 Å². The number of carbonyl (C=O) groups is 1.